The molecule has 1 fully saturated rings. The fourth-order valence-corrected chi connectivity index (χ4v) is 2.43. The summed E-state index contributed by atoms with van der Waals surface area (Å²) >= 11 is 0. The van der Waals surface area contributed by atoms with Gasteiger partial charge in [0.2, 0.25) is 5.91 Å². The van der Waals surface area contributed by atoms with Gasteiger partial charge in [-0.3, -0.25) is 4.79 Å². The number of nitrogens with one attached hydrogen (secondary N) is 1. The van der Waals surface area contributed by atoms with E-state index in [4.69, 9.17) is 5.73 Å². The van der Waals surface area contributed by atoms with Crippen molar-refractivity contribution >= 4 is 5.91 Å². The van der Waals surface area contributed by atoms with Crippen LogP contribution < -0.4 is 11.1 Å². The molecule has 3 N–H and O–H groups in total. The van der Waals surface area contributed by atoms with Gasteiger partial charge in [-0.1, -0.05) is 25.0 Å². The molecule has 0 heterocycles. The second-order valence-corrected chi connectivity index (χ2v) is 5.18. The molecule has 3 nitrogen and oxygen atoms in total. The zero-order valence-corrected chi connectivity index (χ0v) is 10.3. The van der Waals surface area contributed by atoms with Gasteiger partial charge in [-0.05, 0) is 37.5 Å². The van der Waals surface area contributed by atoms with Gasteiger partial charge < -0.3 is 11.1 Å². The molecule has 0 aliphatic heterocycles. The maximum atomic E-state index is 10.9. The first-order valence-corrected chi connectivity index (χ1v) is 6.23. The van der Waals surface area contributed by atoms with Crippen molar-refractivity contribution in [3.8, 4) is 0 Å². The van der Waals surface area contributed by atoms with Crippen LogP contribution in [0, 0.1) is 0 Å². The summed E-state index contributed by atoms with van der Waals surface area (Å²) < 4.78 is 0. The molecule has 1 aromatic rings. The molecule has 3 heteroatoms. The minimum Gasteiger partial charge on any atom is -0.366 e. The van der Waals surface area contributed by atoms with E-state index in [9.17, 15) is 4.79 Å². The maximum Gasteiger partial charge on any atom is 0.248 e. The van der Waals surface area contributed by atoms with Crippen LogP contribution >= 0.6 is 0 Å². The van der Waals surface area contributed by atoms with E-state index in [1.165, 1.54) is 31.2 Å². The Kier molecular flexibility index (Phi) is 3.48. The van der Waals surface area contributed by atoms with Gasteiger partial charge >= 0.3 is 0 Å². The number of nitrogens with two attached hydrogens (primary N) is 1. The Morgan fingerprint density at radius 2 is 1.88 bits per heavy atom. The van der Waals surface area contributed by atoms with Crippen LogP contribution in [0.2, 0.25) is 0 Å². The number of hydrogen-bond acceptors (Lipinski definition) is 2. The SMILES string of the molecule is CC1(NCc2ccc(C(N)=O)cc2)CCCC1. The van der Waals surface area contributed by atoms with Crippen LogP contribution in [-0.2, 0) is 6.54 Å². The summed E-state index contributed by atoms with van der Waals surface area (Å²) in [5.74, 6) is -0.368. The van der Waals surface area contributed by atoms with Crippen molar-refractivity contribution in [3.05, 3.63) is 35.4 Å². The van der Waals surface area contributed by atoms with E-state index in [0.717, 1.165) is 6.54 Å². The van der Waals surface area contributed by atoms with Crippen LogP contribution in [0.1, 0.15) is 48.5 Å². The number of rotatable bonds is 4. The van der Waals surface area contributed by atoms with Crippen molar-refractivity contribution in [3.63, 3.8) is 0 Å². The number of primary amides is 1. The molecule has 0 atom stereocenters. The Bertz CT molecular complexity index is 391. The molecular formula is C14H20N2O. The topological polar surface area (TPSA) is 55.1 Å². The van der Waals surface area contributed by atoms with Crippen molar-refractivity contribution in [2.75, 3.05) is 0 Å². The highest BCUT2D eigenvalue weighted by molar-refractivity contribution is 5.92. The quantitative estimate of drug-likeness (QED) is 0.836. The Labute approximate surface area is 102 Å². The molecular weight excluding hydrogens is 212 g/mol. The third kappa shape index (κ3) is 3.07. The fraction of sp³-hybridized carbons (Fsp3) is 0.500. The fourth-order valence-electron chi connectivity index (χ4n) is 2.43. The third-order valence-corrected chi connectivity index (χ3v) is 3.66. The average molecular weight is 232 g/mol. The Hall–Kier alpha value is -1.35. The summed E-state index contributed by atoms with van der Waals surface area (Å²) in [4.78, 5) is 10.9. The lowest BCUT2D eigenvalue weighted by Gasteiger charge is -2.25. The second-order valence-electron chi connectivity index (χ2n) is 5.18. The monoisotopic (exact) mass is 232 g/mol. The van der Waals surface area contributed by atoms with E-state index in [1.54, 1.807) is 12.1 Å². The molecule has 2 rings (SSSR count). The second kappa shape index (κ2) is 4.88. The van der Waals surface area contributed by atoms with Crippen LogP contribution in [0.15, 0.2) is 24.3 Å². The third-order valence-electron chi connectivity index (χ3n) is 3.66. The molecule has 1 amide bonds. The average Bonchev–Trinajstić information content (AvgIpc) is 2.75. The molecule has 17 heavy (non-hydrogen) atoms. The van der Waals surface area contributed by atoms with Crippen molar-refractivity contribution < 1.29 is 4.79 Å². The zero-order valence-electron chi connectivity index (χ0n) is 10.3. The molecule has 0 aromatic heterocycles. The van der Waals surface area contributed by atoms with Gasteiger partial charge in [-0.25, -0.2) is 0 Å². The number of hydrogen-bond donors (Lipinski definition) is 2. The highest BCUT2D eigenvalue weighted by Crippen LogP contribution is 2.29. The Balaban J connectivity index is 1.93. The van der Waals surface area contributed by atoms with E-state index >= 15 is 0 Å². The van der Waals surface area contributed by atoms with Crippen LogP contribution in [0.4, 0.5) is 0 Å². The van der Waals surface area contributed by atoms with E-state index in [0.29, 0.717) is 11.1 Å². The number of carbonyl (C=O) groups is 1. The number of carbonyl (C=O) groups excluding carboxylic acids is 1. The van der Waals surface area contributed by atoms with Gasteiger partial charge in [0.25, 0.3) is 0 Å². The molecule has 0 saturated heterocycles. The predicted molar refractivity (Wildman–Crippen MR) is 68.7 cm³/mol. The highest BCUT2D eigenvalue weighted by Gasteiger charge is 2.27. The van der Waals surface area contributed by atoms with E-state index in [2.05, 4.69) is 12.2 Å². The molecule has 1 saturated carbocycles. The summed E-state index contributed by atoms with van der Waals surface area (Å²) in [5, 5.41) is 3.61. The number of amides is 1. The van der Waals surface area contributed by atoms with Crippen molar-refractivity contribution in [1.29, 1.82) is 0 Å². The first kappa shape index (κ1) is 12.1. The summed E-state index contributed by atoms with van der Waals surface area (Å²) in [6.07, 6.45) is 5.16. The van der Waals surface area contributed by atoms with Gasteiger partial charge in [-0.15, -0.1) is 0 Å². The Morgan fingerprint density at radius 1 is 1.29 bits per heavy atom. The summed E-state index contributed by atoms with van der Waals surface area (Å²) in [6.45, 7) is 3.15. The molecule has 0 spiro atoms. The summed E-state index contributed by atoms with van der Waals surface area (Å²) in [5.41, 5.74) is 7.27. The van der Waals surface area contributed by atoms with Crippen LogP contribution in [-0.4, -0.2) is 11.4 Å². The van der Waals surface area contributed by atoms with Gasteiger partial charge in [-0.2, -0.15) is 0 Å². The van der Waals surface area contributed by atoms with Crippen LogP contribution in [0.5, 0.6) is 0 Å². The minimum absolute atomic E-state index is 0.294. The predicted octanol–water partition coefficient (Wildman–Crippen LogP) is 2.21. The minimum atomic E-state index is -0.368. The molecule has 0 radical (unpaired) electrons. The van der Waals surface area contributed by atoms with Gasteiger partial charge in [0, 0.05) is 17.6 Å². The van der Waals surface area contributed by atoms with E-state index < -0.39 is 0 Å². The van der Waals surface area contributed by atoms with Crippen molar-refractivity contribution in [2.45, 2.75) is 44.7 Å². The van der Waals surface area contributed by atoms with Crippen LogP contribution in [0.3, 0.4) is 0 Å². The lowest BCUT2D eigenvalue weighted by atomic mass is 10.00. The lowest BCUT2D eigenvalue weighted by molar-refractivity contribution is 0.100. The maximum absolute atomic E-state index is 10.9. The van der Waals surface area contributed by atoms with E-state index in [1.807, 2.05) is 12.1 Å². The number of benzene rings is 1. The van der Waals surface area contributed by atoms with Gasteiger partial charge in [0.15, 0.2) is 0 Å². The van der Waals surface area contributed by atoms with Crippen LogP contribution in [0.25, 0.3) is 0 Å². The standard InChI is InChI=1S/C14H20N2O/c1-14(8-2-3-9-14)16-10-11-4-6-12(7-5-11)13(15)17/h4-7,16H,2-3,8-10H2,1H3,(H2,15,17). The summed E-state index contributed by atoms with van der Waals surface area (Å²) in [6, 6.07) is 7.50. The molecule has 0 bridgehead atoms. The lowest BCUT2D eigenvalue weighted by Crippen LogP contribution is -2.38. The normalized spacial score (nSPS) is 18.2. The van der Waals surface area contributed by atoms with E-state index in [-0.39, 0.29) is 5.91 Å². The largest absolute Gasteiger partial charge is 0.366 e. The smallest absolute Gasteiger partial charge is 0.248 e. The zero-order chi connectivity index (χ0) is 12.3. The van der Waals surface area contributed by atoms with Gasteiger partial charge in [0.05, 0.1) is 0 Å². The molecule has 1 aliphatic carbocycles. The van der Waals surface area contributed by atoms with Crippen molar-refractivity contribution in [2.24, 2.45) is 5.73 Å². The molecule has 92 valence electrons. The summed E-state index contributed by atoms with van der Waals surface area (Å²) in [7, 11) is 0. The molecule has 1 aliphatic rings. The first-order chi connectivity index (χ1) is 8.09. The van der Waals surface area contributed by atoms with Gasteiger partial charge in [0.1, 0.15) is 0 Å². The molecule has 1 aromatic carbocycles. The molecule has 0 unspecified atom stereocenters. The first-order valence-electron chi connectivity index (χ1n) is 6.23. The highest BCUT2D eigenvalue weighted by atomic mass is 16.1. The van der Waals surface area contributed by atoms with Crippen molar-refractivity contribution in [1.82, 2.24) is 5.32 Å². The Morgan fingerprint density at radius 3 is 2.41 bits per heavy atom.